The summed E-state index contributed by atoms with van der Waals surface area (Å²) in [7, 11) is -5.93. The Morgan fingerprint density at radius 2 is 2.00 bits per heavy atom. The topological polar surface area (TPSA) is 118 Å². The minimum Gasteiger partial charge on any atom is -0.389 e. The second-order valence-corrected chi connectivity index (χ2v) is 8.97. The van der Waals surface area contributed by atoms with Crippen LogP contribution in [0.1, 0.15) is 4.88 Å². The van der Waals surface area contributed by atoms with Crippen molar-refractivity contribution in [3.05, 3.63) is 17.0 Å². The molecule has 0 atom stereocenters. The second kappa shape index (κ2) is 6.24. The van der Waals surface area contributed by atoms with E-state index in [4.69, 9.17) is 18.0 Å². The van der Waals surface area contributed by atoms with E-state index in [1.807, 2.05) is 0 Å². The normalized spacial score (nSPS) is 12.5. The molecule has 0 bridgehead atoms. The predicted octanol–water partition coefficient (Wildman–Crippen LogP) is -0.790. The Morgan fingerprint density at radius 1 is 1.37 bits per heavy atom. The molecule has 0 saturated heterocycles. The van der Waals surface area contributed by atoms with Gasteiger partial charge in [0.05, 0.1) is 10.6 Å². The van der Waals surface area contributed by atoms with Crippen molar-refractivity contribution in [2.45, 2.75) is 4.21 Å². The van der Waals surface area contributed by atoms with Crippen LogP contribution in [0, 0.1) is 0 Å². The van der Waals surface area contributed by atoms with Gasteiger partial charge in [-0.1, -0.05) is 12.2 Å². The first-order valence-electron chi connectivity index (χ1n) is 4.98. The van der Waals surface area contributed by atoms with Gasteiger partial charge in [-0.05, 0) is 19.2 Å². The van der Waals surface area contributed by atoms with E-state index in [9.17, 15) is 16.8 Å². The summed E-state index contributed by atoms with van der Waals surface area (Å²) in [5.41, 5.74) is 5.38. The quantitative estimate of drug-likeness (QED) is 0.558. The molecule has 0 unspecified atom stereocenters. The van der Waals surface area contributed by atoms with Gasteiger partial charge in [-0.2, -0.15) is 0 Å². The molecular weight excluding hydrogens is 330 g/mol. The molecule has 0 spiro atoms. The van der Waals surface area contributed by atoms with E-state index in [0.717, 1.165) is 11.3 Å². The number of hydrogen-bond donors (Lipinski definition) is 3. The van der Waals surface area contributed by atoms with Gasteiger partial charge >= 0.3 is 0 Å². The van der Waals surface area contributed by atoms with E-state index in [0.29, 0.717) is 4.88 Å². The van der Waals surface area contributed by atoms with Crippen LogP contribution in [0.4, 0.5) is 0 Å². The lowest BCUT2D eigenvalue weighted by Crippen LogP contribution is -2.32. The summed E-state index contributed by atoms with van der Waals surface area (Å²) in [5, 5.41) is 0. The van der Waals surface area contributed by atoms with Crippen LogP contribution < -0.4 is 15.2 Å². The van der Waals surface area contributed by atoms with Crippen molar-refractivity contribution >= 4 is 48.6 Å². The summed E-state index contributed by atoms with van der Waals surface area (Å²) in [4.78, 5) is 0.599. The molecule has 1 heterocycles. The molecule has 19 heavy (non-hydrogen) atoms. The van der Waals surface area contributed by atoms with Crippen LogP contribution in [0.3, 0.4) is 0 Å². The molecular formula is C8H13N3O4S4. The van der Waals surface area contributed by atoms with E-state index in [1.165, 1.54) is 19.2 Å². The number of nitrogens with two attached hydrogens (primary N) is 1. The van der Waals surface area contributed by atoms with Gasteiger partial charge in [-0.25, -0.2) is 26.3 Å². The Bertz CT molecular complexity index is 662. The molecule has 4 N–H and O–H groups in total. The van der Waals surface area contributed by atoms with E-state index in [-0.39, 0.29) is 21.5 Å². The first-order valence-corrected chi connectivity index (χ1v) is 9.34. The molecule has 0 amide bonds. The third-order valence-corrected chi connectivity index (χ3v) is 6.85. The Labute approximate surface area is 121 Å². The van der Waals surface area contributed by atoms with Gasteiger partial charge in [0.15, 0.2) is 0 Å². The Kier molecular flexibility index (Phi) is 5.41. The lowest BCUT2D eigenvalue weighted by Gasteiger charge is -2.05. The molecule has 1 aromatic rings. The molecule has 0 aliphatic heterocycles. The highest BCUT2D eigenvalue weighted by Gasteiger charge is 2.18. The molecule has 11 heteroatoms. The van der Waals surface area contributed by atoms with Crippen molar-refractivity contribution in [3.63, 3.8) is 0 Å². The number of thiophene rings is 1. The maximum atomic E-state index is 11.8. The van der Waals surface area contributed by atoms with E-state index in [1.54, 1.807) is 0 Å². The monoisotopic (exact) mass is 343 g/mol. The fourth-order valence-electron chi connectivity index (χ4n) is 1.08. The van der Waals surface area contributed by atoms with Crippen molar-refractivity contribution in [1.29, 1.82) is 0 Å². The van der Waals surface area contributed by atoms with Gasteiger partial charge in [0.1, 0.15) is 9.20 Å². The predicted molar refractivity (Wildman–Crippen MR) is 78.2 cm³/mol. The summed E-state index contributed by atoms with van der Waals surface area (Å²) >= 11 is 5.67. The molecule has 108 valence electrons. The average molecular weight is 343 g/mol. The summed E-state index contributed by atoms with van der Waals surface area (Å²) in [5.74, 6) is -0.337. The SMILES string of the molecule is CNS(=O)(=O)CCNS(=O)(=O)c1ccc(C(N)=S)s1. The molecule has 0 radical (unpaired) electrons. The van der Waals surface area contributed by atoms with Gasteiger partial charge in [-0.3, -0.25) is 0 Å². The number of sulfonamides is 2. The first-order chi connectivity index (χ1) is 8.68. The molecule has 0 aromatic carbocycles. The lowest BCUT2D eigenvalue weighted by molar-refractivity contribution is 0.580. The number of thiocarbonyl (C=S) groups is 1. The van der Waals surface area contributed by atoms with Crippen LogP contribution in [0.5, 0.6) is 0 Å². The lowest BCUT2D eigenvalue weighted by atomic mass is 10.5. The fourth-order valence-corrected chi connectivity index (χ4v) is 4.21. The molecule has 0 aliphatic rings. The van der Waals surface area contributed by atoms with Crippen molar-refractivity contribution in [1.82, 2.24) is 9.44 Å². The van der Waals surface area contributed by atoms with Crippen molar-refractivity contribution < 1.29 is 16.8 Å². The van der Waals surface area contributed by atoms with Crippen LogP contribution in [0.2, 0.25) is 0 Å². The highest BCUT2D eigenvalue weighted by Crippen LogP contribution is 2.21. The van der Waals surface area contributed by atoms with Gasteiger partial charge in [-0.15, -0.1) is 11.3 Å². The van der Waals surface area contributed by atoms with Crippen molar-refractivity contribution in [2.75, 3.05) is 19.3 Å². The maximum Gasteiger partial charge on any atom is 0.250 e. The van der Waals surface area contributed by atoms with Gasteiger partial charge in [0.25, 0.3) is 0 Å². The molecule has 7 nitrogen and oxygen atoms in total. The van der Waals surface area contributed by atoms with Gasteiger partial charge < -0.3 is 5.73 Å². The molecule has 0 saturated carbocycles. The summed E-state index contributed by atoms with van der Waals surface area (Å²) in [6.07, 6.45) is 0. The zero-order valence-corrected chi connectivity index (χ0v) is 13.2. The second-order valence-electron chi connectivity index (χ2n) is 3.40. The maximum absolute atomic E-state index is 11.8. The minimum absolute atomic E-state index is 0.0390. The largest absolute Gasteiger partial charge is 0.389 e. The van der Waals surface area contributed by atoms with Crippen LogP contribution in [-0.2, 0) is 20.0 Å². The first kappa shape index (κ1) is 16.5. The molecule has 1 aromatic heterocycles. The van der Waals surface area contributed by atoms with E-state index >= 15 is 0 Å². The summed E-state index contributed by atoms with van der Waals surface area (Å²) < 4.78 is 50.3. The highest BCUT2D eigenvalue weighted by atomic mass is 32.2. The van der Waals surface area contributed by atoms with E-state index < -0.39 is 20.0 Å². The molecule has 1 rings (SSSR count). The average Bonchev–Trinajstić information content (AvgIpc) is 2.78. The van der Waals surface area contributed by atoms with Crippen LogP contribution >= 0.6 is 23.6 Å². The smallest absolute Gasteiger partial charge is 0.250 e. The zero-order valence-electron chi connectivity index (χ0n) is 9.91. The minimum atomic E-state index is -3.74. The molecule has 0 aliphatic carbocycles. The summed E-state index contributed by atoms with van der Waals surface area (Å²) in [6, 6.07) is 2.87. The van der Waals surface area contributed by atoms with Crippen molar-refractivity contribution in [2.24, 2.45) is 5.73 Å². The van der Waals surface area contributed by atoms with Crippen LogP contribution in [0.15, 0.2) is 16.3 Å². The number of nitrogens with one attached hydrogen (secondary N) is 2. The van der Waals surface area contributed by atoms with Gasteiger partial charge in [0.2, 0.25) is 20.0 Å². The third-order valence-electron chi connectivity index (χ3n) is 2.06. The van der Waals surface area contributed by atoms with Crippen LogP contribution in [0.25, 0.3) is 0 Å². The zero-order chi connectivity index (χ0) is 14.7. The Morgan fingerprint density at radius 3 is 2.47 bits per heavy atom. The van der Waals surface area contributed by atoms with Gasteiger partial charge in [0, 0.05) is 6.54 Å². The highest BCUT2D eigenvalue weighted by molar-refractivity contribution is 7.92. The number of hydrogen-bond acceptors (Lipinski definition) is 6. The fraction of sp³-hybridized carbons (Fsp3) is 0.375. The van der Waals surface area contributed by atoms with Crippen LogP contribution in [-0.4, -0.2) is 41.2 Å². The number of rotatable bonds is 7. The Balaban J connectivity index is 2.73. The Hall–Kier alpha value is -0.590. The van der Waals surface area contributed by atoms with Crippen molar-refractivity contribution in [3.8, 4) is 0 Å². The summed E-state index contributed by atoms with van der Waals surface area (Å²) in [6.45, 7) is -0.216. The molecule has 0 fully saturated rings. The standard InChI is InChI=1S/C8H13N3O4S4/c1-10-18(12,13)5-4-11-19(14,15)7-3-2-6(17-7)8(9)16/h2-3,10-11H,4-5H2,1H3,(H2,9,16). The third kappa shape index (κ3) is 4.78. The van der Waals surface area contributed by atoms with E-state index in [2.05, 4.69) is 9.44 Å².